The van der Waals surface area contributed by atoms with Gasteiger partial charge < -0.3 is 10.4 Å². The van der Waals surface area contributed by atoms with Gasteiger partial charge in [0.05, 0.1) is 0 Å². The van der Waals surface area contributed by atoms with Gasteiger partial charge in [-0.3, -0.25) is 4.79 Å². The van der Waals surface area contributed by atoms with Crippen LogP contribution in [0.25, 0.3) is 0 Å². The molecule has 0 bridgehead atoms. The molecule has 2 N–H and O–H groups in total. The van der Waals surface area contributed by atoms with Gasteiger partial charge in [0.15, 0.2) is 0 Å². The number of carboxylic acid groups (broad SMARTS) is 1. The van der Waals surface area contributed by atoms with Crippen LogP contribution in [0.15, 0.2) is 18.2 Å². The third-order valence-electron chi connectivity index (χ3n) is 2.50. The molecular formula is C13H15F2NO3. The molecule has 0 aliphatic carbocycles. The molecule has 0 aliphatic heterocycles. The maximum absolute atomic E-state index is 13.4. The lowest BCUT2D eigenvalue weighted by Gasteiger charge is -2.16. The summed E-state index contributed by atoms with van der Waals surface area (Å²) in [7, 11) is 0. The van der Waals surface area contributed by atoms with E-state index in [1.54, 1.807) is 13.8 Å². The first-order valence-electron chi connectivity index (χ1n) is 5.80. The third-order valence-corrected chi connectivity index (χ3v) is 2.50. The second kappa shape index (κ2) is 6.26. The van der Waals surface area contributed by atoms with Gasteiger partial charge in [-0.1, -0.05) is 19.9 Å². The summed E-state index contributed by atoms with van der Waals surface area (Å²) in [6.07, 6.45) is 0.178. The van der Waals surface area contributed by atoms with Crippen molar-refractivity contribution in [2.45, 2.75) is 26.3 Å². The van der Waals surface area contributed by atoms with Crippen molar-refractivity contribution >= 4 is 11.9 Å². The van der Waals surface area contributed by atoms with Gasteiger partial charge in [0.2, 0.25) is 0 Å². The number of aliphatic carboxylic acids is 1. The Hall–Kier alpha value is -1.98. The molecule has 19 heavy (non-hydrogen) atoms. The molecule has 0 saturated heterocycles. The lowest BCUT2D eigenvalue weighted by Crippen LogP contribution is -2.42. The fourth-order valence-electron chi connectivity index (χ4n) is 1.64. The number of carboxylic acids is 1. The van der Waals surface area contributed by atoms with Crippen molar-refractivity contribution in [3.63, 3.8) is 0 Å². The lowest BCUT2D eigenvalue weighted by molar-refractivity contribution is -0.139. The zero-order valence-electron chi connectivity index (χ0n) is 10.6. The first kappa shape index (κ1) is 15.1. The van der Waals surface area contributed by atoms with Crippen LogP contribution in [0.2, 0.25) is 0 Å². The van der Waals surface area contributed by atoms with Crippen molar-refractivity contribution in [2.75, 3.05) is 0 Å². The number of hydrogen-bond acceptors (Lipinski definition) is 2. The number of halogens is 2. The SMILES string of the molecule is CC(C)CC(NC(=O)c1c(F)cccc1F)C(=O)O. The Bertz CT molecular complexity index is 469. The molecule has 0 saturated carbocycles. The van der Waals surface area contributed by atoms with E-state index >= 15 is 0 Å². The summed E-state index contributed by atoms with van der Waals surface area (Å²) >= 11 is 0. The molecule has 0 radical (unpaired) electrons. The quantitative estimate of drug-likeness (QED) is 0.862. The van der Waals surface area contributed by atoms with Crippen LogP contribution in [0.5, 0.6) is 0 Å². The van der Waals surface area contributed by atoms with Crippen LogP contribution in [0.1, 0.15) is 30.6 Å². The minimum absolute atomic E-state index is 0.0202. The summed E-state index contributed by atoms with van der Waals surface area (Å²) < 4.78 is 26.7. The van der Waals surface area contributed by atoms with Crippen LogP contribution in [0.3, 0.4) is 0 Å². The molecule has 0 spiro atoms. The second-order valence-corrected chi connectivity index (χ2v) is 4.59. The molecule has 6 heteroatoms. The maximum atomic E-state index is 13.4. The highest BCUT2D eigenvalue weighted by Crippen LogP contribution is 2.13. The number of carbonyl (C=O) groups is 2. The van der Waals surface area contributed by atoms with Crippen LogP contribution in [0.4, 0.5) is 8.78 Å². The number of rotatable bonds is 5. The van der Waals surface area contributed by atoms with Gasteiger partial charge in [0.1, 0.15) is 23.2 Å². The summed E-state index contributed by atoms with van der Waals surface area (Å²) in [6.45, 7) is 3.57. The highest BCUT2D eigenvalue weighted by molar-refractivity contribution is 5.97. The van der Waals surface area contributed by atoms with Crippen molar-refractivity contribution < 1.29 is 23.5 Å². The molecule has 0 aromatic heterocycles. The molecule has 1 unspecified atom stereocenters. The van der Waals surface area contributed by atoms with Crippen LogP contribution in [-0.4, -0.2) is 23.0 Å². The Morgan fingerprint density at radius 1 is 1.26 bits per heavy atom. The number of benzene rings is 1. The predicted molar refractivity (Wildman–Crippen MR) is 64.7 cm³/mol. The van der Waals surface area contributed by atoms with Gasteiger partial charge >= 0.3 is 5.97 Å². The summed E-state index contributed by atoms with van der Waals surface area (Å²) in [5, 5.41) is 11.1. The average molecular weight is 271 g/mol. The lowest BCUT2D eigenvalue weighted by atomic mass is 10.0. The zero-order valence-corrected chi connectivity index (χ0v) is 10.6. The molecule has 1 aromatic carbocycles. The summed E-state index contributed by atoms with van der Waals surface area (Å²) in [6, 6.07) is 1.84. The molecule has 104 valence electrons. The largest absolute Gasteiger partial charge is 0.480 e. The van der Waals surface area contributed by atoms with E-state index in [-0.39, 0.29) is 12.3 Å². The molecule has 1 atom stereocenters. The first-order chi connectivity index (χ1) is 8.82. The Morgan fingerprint density at radius 2 is 1.79 bits per heavy atom. The summed E-state index contributed by atoms with van der Waals surface area (Å²) in [4.78, 5) is 22.7. The summed E-state index contributed by atoms with van der Waals surface area (Å²) in [5.74, 6) is -4.33. The number of amides is 1. The van der Waals surface area contributed by atoms with Crippen molar-refractivity contribution in [3.05, 3.63) is 35.4 Å². The Labute approximate surface area is 109 Å². The van der Waals surface area contributed by atoms with Crippen LogP contribution >= 0.6 is 0 Å². The van der Waals surface area contributed by atoms with Gasteiger partial charge in [-0.25, -0.2) is 13.6 Å². The van der Waals surface area contributed by atoms with Crippen molar-refractivity contribution in [3.8, 4) is 0 Å². The molecule has 0 heterocycles. The monoisotopic (exact) mass is 271 g/mol. The Kier molecular flexibility index (Phi) is 4.97. The molecule has 1 rings (SSSR count). The van der Waals surface area contributed by atoms with Gasteiger partial charge in [-0.2, -0.15) is 0 Å². The normalized spacial score (nSPS) is 12.3. The molecular weight excluding hydrogens is 256 g/mol. The predicted octanol–water partition coefficient (Wildman–Crippen LogP) is 2.19. The van der Waals surface area contributed by atoms with Gasteiger partial charge in [0.25, 0.3) is 5.91 Å². The standard InChI is InChI=1S/C13H15F2NO3/c1-7(2)6-10(13(18)19)16-12(17)11-8(14)4-3-5-9(11)15/h3-5,7,10H,6H2,1-2H3,(H,16,17)(H,18,19). The molecule has 0 aliphatic rings. The van der Waals surface area contributed by atoms with Crippen molar-refractivity contribution in [2.24, 2.45) is 5.92 Å². The smallest absolute Gasteiger partial charge is 0.326 e. The Morgan fingerprint density at radius 3 is 2.21 bits per heavy atom. The molecule has 0 fully saturated rings. The second-order valence-electron chi connectivity index (χ2n) is 4.59. The van der Waals surface area contributed by atoms with Gasteiger partial charge in [0, 0.05) is 0 Å². The number of hydrogen-bond donors (Lipinski definition) is 2. The fourth-order valence-corrected chi connectivity index (χ4v) is 1.64. The number of carbonyl (C=O) groups excluding carboxylic acids is 1. The van der Waals surface area contributed by atoms with Crippen molar-refractivity contribution in [1.29, 1.82) is 0 Å². The topological polar surface area (TPSA) is 66.4 Å². The van der Waals surface area contributed by atoms with E-state index in [9.17, 15) is 18.4 Å². The van der Waals surface area contributed by atoms with E-state index in [1.807, 2.05) is 0 Å². The summed E-state index contributed by atoms with van der Waals surface area (Å²) in [5.41, 5.74) is -0.766. The van der Waals surface area contributed by atoms with Crippen LogP contribution in [-0.2, 0) is 4.79 Å². The zero-order chi connectivity index (χ0) is 14.6. The van der Waals surface area contributed by atoms with E-state index in [0.29, 0.717) is 0 Å². The Balaban J connectivity index is 2.91. The van der Waals surface area contributed by atoms with Crippen molar-refractivity contribution in [1.82, 2.24) is 5.32 Å². The van der Waals surface area contributed by atoms with Gasteiger partial charge in [-0.05, 0) is 24.5 Å². The molecule has 4 nitrogen and oxygen atoms in total. The highest BCUT2D eigenvalue weighted by Gasteiger charge is 2.24. The van der Waals surface area contributed by atoms with Gasteiger partial charge in [-0.15, -0.1) is 0 Å². The number of nitrogens with one attached hydrogen (secondary N) is 1. The first-order valence-corrected chi connectivity index (χ1v) is 5.80. The average Bonchev–Trinajstić information content (AvgIpc) is 2.27. The van der Waals surface area contributed by atoms with Crippen LogP contribution in [0, 0.1) is 17.6 Å². The van der Waals surface area contributed by atoms with Crippen LogP contribution < -0.4 is 5.32 Å². The highest BCUT2D eigenvalue weighted by atomic mass is 19.1. The molecule has 1 aromatic rings. The molecule has 1 amide bonds. The van der Waals surface area contributed by atoms with E-state index in [0.717, 1.165) is 18.2 Å². The van der Waals surface area contributed by atoms with E-state index in [2.05, 4.69) is 5.32 Å². The van der Waals surface area contributed by atoms with E-state index in [1.165, 1.54) is 0 Å². The third kappa shape index (κ3) is 4.01. The van der Waals surface area contributed by atoms with E-state index in [4.69, 9.17) is 5.11 Å². The minimum atomic E-state index is -1.24. The maximum Gasteiger partial charge on any atom is 0.326 e. The fraction of sp³-hybridized carbons (Fsp3) is 0.385. The van der Waals surface area contributed by atoms with E-state index < -0.39 is 35.1 Å². The minimum Gasteiger partial charge on any atom is -0.480 e.